The maximum absolute atomic E-state index is 10.3. The molecule has 1 heterocycles. The Bertz CT molecular complexity index is 548. The van der Waals surface area contributed by atoms with E-state index in [-0.39, 0.29) is 5.75 Å². The molecule has 0 aliphatic carbocycles. The Hall–Kier alpha value is -2.02. The molecule has 7 heteroatoms. The first-order valence-corrected chi connectivity index (χ1v) is 6.40. The van der Waals surface area contributed by atoms with Gasteiger partial charge in [0, 0.05) is 0 Å². The van der Waals surface area contributed by atoms with Crippen molar-refractivity contribution in [1.29, 1.82) is 0 Å². The van der Waals surface area contributed by atoms with Crippen LogP contribution in [0.5, 0.6) is 11.5 Å². The van der Waals surface area contributed by atoms with Crippen LogP contribution in [0, 0.1) is 0 Å². The maximum atomic E-state index is 10.3. The Morgan fingerprint density at radius 3 is 2.53 bits per heavy atom. The predicted molar refractivity (Wildman–Crippen MR) is 69.6 cm³/mol. The zero-order chi connectivity index (χ0) is 13.7. The van der Waals surface area contributed by atoms with E-state index in [0.717, 1.165) is 6.29 Å². The lowest BCUT2D eigenvalue weighted by molar-refractivity contribution is -0.105. The summed E-state index contributed by atoms with van der Waals surface area (Å²) in [6.07, 6.45) is 0.776. The van der Waals surface area contributed by atoms with Gasteiger partial charge in [-0.15, -0.1) is 10.2 Å². The van der Waals surface area contributed by atoms with Crippen molar-refractivity contribution in [2.45, 2.75) is 5.22 Å². The smallest absolute Gasteiger partial charge is 0.277 e. The lowest BCUT2D eigenvalue weighted by atomic mass is 10.2. The van der Waals surface area contributed by atoms with Crippen LogP contribution in [0.2, 0.25) is 0 Å². The van der Waals surface area contributed by atoms with Gasteiger partial charge >= 0.3 is 0 Å². The summed E-state index contributed by atoms with van der Waals surface area (Å²) in [6.45, 7) is 0. The van der Waals surface area contributed by atoms with Crippen LogP contribution in [0.3, 0.4) is 0 Å². The van der Waals surface area contributed by atoms with Crippen LogP contribution in [0.4, 0.5) is 0 Å². The number of carbonyl (C=O) groups excluding carboxylic acids is 1. The van der Waals surface area contributed by atoms with Gasteiger partial charge in [-0.1, -0.05) is 17.8 Å². The zero-order valence-electron chi connectivity index (χ0n) is 10.5. The topological polar surface area (TPSA) is 74.5 Å². The van der Waals surface area contributed by atoms with E-state index in [0.29, 0.717) is 28.2 Å². The number of carbonyl (C=O) groups is 1. The number of hydrogen-bond acceptors (Lipinski definition) is 7. The molecule has 0 amide bonds. The highest BCUT2D eigenvalue weighted by Gasteiger charge is 2.18. The molecule has 0 atom stereocenters. The third kappa shape index (κ3) is 2.87. The van der Waals surface area contributed by atoms with Crippen LogP contribution >= 0.6 is 11.8 Å². The fourth-order valence-corrected chi connectivity index (χ4v) is 1.98. The highest BCUT2D eigenvalue weighted by molar-refractivity contribution is 7.99. The molecule has 19 heavy (non-hydrogen) atoms. The van der Waals surface area contributed by atoms with E-state index in [4.69, 9.17) is 13.9 Å². The van der Waals surface area contributed by atoms with Crippen molar-refractivity contribution in [3.05, 3.63) is 18.2 Å². The van der Waals surface area contributed by atoms with E-state index in [1.807, 2.05) is 0 Å². The first kappa shape index (κ1) is 13.4. The van der Waals surface area contributed by atoms with Gasteiger partial charge in [-0.3, -0.25) is 0 Å². The quantitative estimate of drug-likeness (QED) is 0.592. The number of thioether (sulfide) groups is 1. The highest BCUT2D eigenvalue weighted by Crippen LogP contribution is 2.38. The lowest BCUT2D eigenvalue weighted by Gasteiger charge is -2.09. The Kier molecular flexibility index (Phi) is 4.40. The van der Waals surface area contributed by atoms with Crippen molar-refractivity contribution >= 4 is 18.0 Å². The van der Waals surface area contributed by atoms with Crippen LogP contribution in [0.25, 0.3) is 11.5 Å². The van der Waals surface area contributed by atoms with Gasteiger partial charge in [0.2, 0.25) is 0 Å². The molecule has 0 fully saturated rings. The molecule has 0 radical (unpaired) electrons. The molecule has 1 aromatic heterocycles. The monoisotopic (exact) mass is 280 g/mol. The van der Waals surface area contributed by atoms with Crippen LogP contribution in [0.15, 0.2) is 27.8 Å². The van der Waals surface area contributed by atoms with Gasteiger partial charge in [-0.2, -0.15) is 0 Å². The molecular formula is C12H12N2O4S. The molecule has 2 rings (SSSR count). The Morgan fingerprint density at radius 1 is 1.26 bits per heavy atom. The molecule has 0 spiro atoms. The minimum absolute atomic E-state index is 0.269. The summed E-state index contributed by atoms with van der Waals surface area (Å²) in [7, 11) is 3.10. The van der Waals surface area contributed by atoms with Crippen LogP contribution in [-0.4, -0.2) is 36.5 Å². The first-order valence-electron chi connectivity index (χ1n) is 5.41. The van der Waals surface area contributed by atoms with E-state index >= 15 is 0 Å². The number of nitrogens with zero attached hydrogens (tertiary/aromatic N) is 2. The predicted octanol–water partition coefficient (Wildman–Crippen LogP) is 2.04. The van der Waals surface area contributed by atoms with Gasteiger partial charge < -0.3 is 18.7 Å². The Labute approximate surface area is 114 Å². The van der Waals surface area contributed by atoms with E-state index in [1.165, 1.54) is 11.8 Å². The molecule has 6 nitrogen and oxygen atoms in total. The van der Waals surface area contributed by atoms with Crippen molar-refractivity contribution in [1.82, 2.24) is 10.2 Å². The van der Waals surface area contributed by atoms with Crippen molar-refractivity contribution in [2.75, 3.05) is 20.0 Å². The fraction of sp³-hybridized carbons (Fsp3) is 0.250. The number of rotatable bonds is 6. The van der Waals surface area contributed by atoms with Crippen molar-refractivity contribution < 1.29 is 18.7 Å². The van der Waals surface area contributed by atoms with Gasteiger partial charge in [-0.05, 0) is 12.1 Å². The molecule has 1 aromatic carbocycles. The number of methoxy groups -OCH3 is 2. The number of ether oxygens (including phenoxy) is 2. The van der Waals surface area contributed by atoms with E-state index in [2.05, 4.69) is 10.2 Å². The highest BCUT2D eigenvalue weighted by atomic mass is 32.2. The van der Waals surface area contributed by atoms with Gasteiger partial charge in [-0.25, -0.2) is 0 Å². The third-order valence-electron chi connectivity index (χ3n) is 2.32. The summed E-state index contributed by atoms with van der Waals surface area (Å²) in [5.41, 5.74) is 0.595. The lowest BCUT2D eigenvalue weighted by Crippen LogP contribution is -1.92. The number of benzene rings is 1. The second kappa shape index (κ2) is 6.24. The van der Waals surface area contributed by atoms with Gasteiger partial charge in [0.05, 0.1) is 20.0 Å². The van der Waals surface area contributed by atoms with Crippen molar-refractivity contribution in [2.24, 2.45) is 0 Å². The first-order chi connectivity index (χ1) is 9.30. The van der Waals surface area contributed by atoms with Crippen LogP contribution < -0.4 is 9.47 Å². The third-order valence-corrected chi connectivity index (χ3v) is 3.04. The largest absolute Gasteiger partial charge is 0.496 e. The van der Waals surface area contributed by atoms with E-state index < -0.39 is 0 Å². The summed E-state index contributed by atoms with van der Waals surface area (Å²) in [6, 6.07) is 5.36. The summed E-state index contributed by atoms with van der Waals surface area (Å²) in [5, 5.41) is 8.13. The Balaban J connectivity index is 2.39. The minimum atomic E-state index is 0.269. The normalized spacial score (nSPS) is 10.2. The molecule has 0 aliphatic rings. The number of aromatic nitrogens is 2. The van der Waals surface area contributed by atoms with Crippen molar-refractivity contribution in [3.8, 4) is 23.0 Å². The molecule has 0 aliphatic heterocycles. The fourth-order valence-electron chi connectivity index (χ4n) is 1.54. The van der Waals surface area contributed by atoms with Crippen LogP contribution in [0.1, 0.15) is 0 Å². The van der Waals surface area contributed by atoms with Gasteiger partial charge in [0.1, 0.15) is 23.3 Å². The molecule has 0 N–H and O–H groups in total. The van der Waals surface area contributed by atoms with E-state index in [9.17, 15) is 4.79 Å². The molecule has 2 aromatic rings. The molecule has 100 valence electrons. The summed E-state index contributed by atoms with van der Waals surface area (Å²) in [4.78, 5) is 10.3. The average Bonchev–Trinajstić information content (AvgIpc) is 2.92. The second-order valence-corrected chi connectivity index (χ2v) is 4.36. The number of aldehydes is 1. The standard InChI is InChI=1S/C12H12N2O4S/c1-16-8-4-3-5-9(17-2)10(8)11-13-14-12(18-11)19-7-6-15/h3-6H,7H2,1-2H3. The van der Waals surface area contributed by atoms with Gasteiger partial charge in [0.15, 0.2) is 0 Å². The zero-order valence-corrected chi connectivity index (χ0v) is 11.3. The summed E-state index contributed by atoms with van der Waals surface area (Å²) < 4.78 is 16.0. The molecular weight excluding hydrogens is 268 g/mol. The second-order valence-electron chi connectivity index (χ2n) is 3.39. The molecule has 0 unspecified atom stereocenters. The SMILES string of the molecule is COc1cccc(OC)c1-c1nnc(SCC=O)o1. The number of hydrogen-bond donors (Lipinski definition) is 0. The minimum Gasteiger partial charge on any atom is -0.496 e. The Morgan fingerprint density at radius 2 is 1.95 bits per heavy atom. The maximum Gasteiger partial charge on any atom is 0.277 e. The van der Waals surface area contributed by atoms with E-state index in [1.54, 1.807) is 32.4 Å². The molecule has 0 bridgehead atoms. The van der Waals surface area contributed by atoms with Gasteiger partial charge in [0.25, 0.3) is 11.1 Å². The average molecular weight is 280 g/mol. The van der Waals surface area contributed by atoms with Crippen molar-refractivity contribution in [3.63, 3.8) is 0 Å². The summed E-state index contributed by atoms with van der Waals surface area (Å²) >= 11 is 1.17. The molecule has 0 saturated carbocycles. The molecule has 0 saturated heterocycles. The van der Waals surface area contributed by atoms with Crippen LogP contribution in [-0.2, 0) is 4.79 Å². The summed E-state index contributed by atoms with van der Waals surface area (Å²) in [5.74, 6) is 1.72.